The Balaban J connectivity index is 2.36. The summed E-state index contributed by atoms with van der Waals surface area (Å²) in [6.07, 6.45) is 0.684. The highest BCUT2D eigenvalue weighted by molar-refractivity contribution is 9.10. The molecule has 1 aromatic carbocycles. The van der Waals surface area contributed by atoms with Gasteiger partial charge in [-0.05, 0) is 41.4 Å². The summed E-state index contributed by atoms with van der Waals surface area (Å²) in [6, 6.07) is 2.57. The lowest BCUT2D eigenvalue weighted by Gasteiger charge is -2.23. The molecule has 116 valence electrons. The van der Waals surface area contributed by atoms with Crippen LogP contribution in [0, 0.1) is 0 Å². The van der Waals surface area contributed by atoms with E-state index in [1.165, 1.54) is 12.1 Å². The summed E-state index contributed by atoms with van der Waals surface area (Å²) in [5.74, 6) is -0.432. The van der Waals surface area contributed by atoms with Crippen LogP contribution in [0.25, 0.3) is 0 Å². The number of carbonyl (C=O) groups excluding carboxylic acids is 1. The van der Waals surface area contributed by atoms with Gasteiger partial charge in [0.1, 0.15) is 0 Å². The molecule has 5 nitrogen and oxygen atoms in total. The molecule has 9 heteroatoms. The molecule has 0 aromatic heterocycles. The maximum atomic E-state index is 12.3. The second-order valence-electron chi connectivity index (χ2n) is 5.03. The minimum absolute atomic E-state index is 0.0923. The van der Waals surface area contributed by atoms with Crippen LogP contribution in [-0.4, -0.2) is 33.1 Å². The standard InChI is InChI=1S/C12H12BrCl2NO4S/c1-12(2-3-20-6-12)16-11(17)7-4-8(14)10(13)9(5-7)21(15,18)19/h4-5H,2-3,6H2,1H3,(H,16,17). The molecule has 21 heavy (non-hydrogen) atoms. The number of carbonyl (C=O) groups is 1. The van der Waals surface area contributed by atoms with E-state index >= 15 is 0 Å². The summed E-state index contributed by atoms with van der Waals surface area (Å²) in [6.45, 7) is 2.83. The van der Waals surface area contributed by atoms with Crippen molar-refractivity contribution in [2.24, 2.45) is 0 Å². The number of amides is 1. The molecule has 1 amide bonds. The first kappa shape index (κ1) is 17.0. The van der Waals surface area contributed by atoms with Crippen molar-refractivity contribution in [2.45, 2.75) is 23.8 Å². The predicted molar refractivity (Wildman–Crippen MR) is 83.5 cm³/mol. The third-order valence-electron chi connectivity index (χ3n) is 3.15. The number of rotatable bonds is 3. The molecule has 1 N–H and O–H groups in total. The highest BCUT2D eigenvalue weighted by atomic mass is 79.9. The van der Waals surface area contributed by atoms with Crippen molar-refractivity contribution >= 4 is 53.2 Å². The van der Waals surface area contributed by atoms with Gasteiger partial charge in [-0.25, -0.2) is 8.42 Å². The first-order chi connectivity index (χ1) is 9.62. The minimum atomic E-state index is -4.02. The van der Waals surface area contributed by atoms with E-state index in [9.17, 15) is 13.2 Å². The largest absolute Gasteiger partial charge is 0.379 e. The normalized spacial score (nSPS) is 22.3. The van der Waals surface area contributed by atoms with Crippen LogP contribution in [0.1, 0.15) is 23.7 Å². The molecular formula is C12H12BrCl2NO4S. The molecule has 0 radical (unpaired) electrons. The molecule has 1 saturated heterocycles. The van der Waals surface area contributed by atoms with Crippen LogP contribution < -0.4 is 5.32 Å². The van der Waals surface area contributed by atoms with Crippen molar-refractivity contribution < 1.29 is 17.9 Å². The van der Waals surface area contributed by atoms with Gasteiger partial charge in [0, 0.05) is 22.9 Å². The molecule has 1 aliphatic heterocycles. The Hall–Kier alpha value is -0.340. The van der Waals surface area contributed by atoms with E-state index < -0.39 is 20.5 Å². The molecule has 0 aliphatic carbocycles. The fraction of sp³-hybridized carbons (Fsp3) is 0.417. The average Bonchev–Trinajstić information content (AvgIpc) is 2.77. The molecular weight excluding hydrogens is 405 g/mol. The lowest BCUT2D eigenvalue weighted by atomic mass is 10.0. The van der Waals surface area contributed by atoms with Crippen molar-refractivity contribution in [2.75, 3.05) is 13.2 Å². The van der Waals surface area contributed by atoms with Crippen LogP contribution >= 0.6 is 38.2 Å². The number of hydrogen-bond acceptors (Lipinski definition) is 4. The molecule has 1 aliphatic rings. The third kappa shape index (κ3) is 3.90. The number of nitrogens with one attached hydrogen (secondary N) is 1. The summed E-state index contributed by atoms with van der Waals surface area (Å²) in [7, 11) is 1.32. The average molecular weight is 417 g/mol. The predicted octanol–water partition coefficient (Wildman–Crippen LogP) is 2.94. The second-order valence-corrected chi connectivity index (χ2v) is 8.76. The number of benzene rings is 1. The highest BCUT2D eigenvalue weighted by Gasteiger charge is 2.32. The topological polar surface area (TPSA) is 72.5 Å². The van der Waals surface area contributed by atoms with Crippen molar-refractivity contribution in [1.82, 2.24) is 5.32 Å². The molecule has 1 unspecified atom stereocenters. The molecule has 0 bridgehead atoms. The Morgan fingerprint density at radius 1 is 1.48 bits per heavy atom. The Morgan fingerprint density at radius 2 is 2.14 bits per heavy atom. The summed E-state index contributed by atoms with van der Waals surface area (Å²) in [5, 5.41) is 2.91. The fourth-order valence-electron chi connectivity index (χ4n) is 1.98. The van der Waals surface area contributed by atoms with Crippen LogP contribution in [0.3, 0.4) is 0 Å². The van der Waals surface area contributed by atoms with E-state index in [0.29, 0.717) is 19.6 Å². The zero-order chi connectivity index (χ0) is 15.8. The smallest absolute Gasteiger partial charge is 0.262 e. The number of halogens is 3. The van der Waals surface area contributed by atoms with Gasteiger partial charge in [-0.1, -0.05) is 11.6 Å². The molecule has 2 rings (SSSR count). The van der Waals surface area contributed by atoms with Gasteiger partial charge in [0.15, 0.2) is 0 Å². The zero-order valence-corrected chi connectivity index (χ0v) is 14.9. The number of hydrogen-bond donors (Lipinski definition) is 1. The molecule has 1 fully saturated rings. The van der Waals surface area contributed by atoms with Gasteiger partial charge in [-0.3, -0.25) is 4.79 Å². The van der Waals surface area contributed by atoms with Crippen LogP contribution in [0.15, 0.2) is 21.5 Å². The van der Waals surface area contributed by atoms with Crippen LogP contribution in [0.2, 0.25) is 5.02 Å². The van der Waals surface area contributed by atoms with Gasteiger partial charge in [0.2, 0.25) is 0 Å². The van der Waals surface area contributed by atoms with Gasteiger partial charge in [0.05, 0.1) is 26.5 Å². The van der Waals surface area contributed by atoms with Crippen molar-refractivity contribution in [3.8, 4) is 0 Å². The van der Waals surface area contributed by atoms with Crippen LogP contribution in [0.5, 0.6) is 0 Å². The summed E-state index contributed by atoms with van der Waals surface area (Å²) < 4.78 is 28.4. The monoisotopic (exact) mass is 415 g/mol. The van der Waals surface area contributed by atoms with Crippen molar-refractivity contribution in [1.29, 1.82) is 0 Å². The Bertz CT molecular complexity index is 687. The van der Waals surface area contributed by atoms with Gasteiger partial charge < -0.3 is 10.1 Å². The third-order valence-corrected chi connectivity index (χ3v) is 6.14. The highest BCUT2D eigenvalue weighted by Crippen LogP contribution is 2.33. The zero-order valence-electron chi connectivity index (χ0n) is 11.0. The van der Waals surface area contributed by atoms with Crippen molar-refractivity contribution in [3.63, 3.8) is 0 Å². The van der Waals surface area contributed by atoms with E-state index in [1.807, 2.05) is 6.92 Å². The molecule has 1 aromatic rings. The van der Waals surface area contributed by atoms with Gasteiger partial charge in [0.25, 0.3) is 15.0 Å². The quantitative estimate of drug-likeness (QED) is 0.768. The van der Waals surface area contributed by atoms with Crippen LogP contribution in [0.4, 0.5) is 0 Å². The maximum absolute atomic E-state index is 12.3. The molecule has 1 heterocycles. The lowest BCUT2D eigenvalue weighted by molar-refractivity contribution is 0.0889. The number of ether oxygens (including phenoxy) is 1. The van der Waals surface area contributed by atoms with E-state index in [-0.39, 0.29) is 20.0 Å². The van der Waals surface area contributed by atoms with Gasteiger partial charge >= 0.3 is 0 Å². The summed E-state index contributed by atoms with van der Waals surface area (Å²) in [5.41, 5.74) is -0.355. The second kappa shape index (κ2) is 6.04. The van der Waals surface area contributed by atoms with E-state index in [1.54, 1.807) is 0 Å². The SMILES string of the molecule is CC1(NC(=O)c2cc(Cl)c(Br)c(S(=O)(=O)Cl)c2)CCOC1. The molecule has 0 spiro atoms. The van der Waals surface area contributed by atoms with E-state index in [0.717, 1.165) is 0 Å². The Labute approximate surface area is 140 Å². The van der Waals surface area contributed by atoms with Gasteiger partial charge in [-0.15, -0.1) is 0 Å². The van der Waals surface area contributed by atoms with Crippen LogP contribution in [-0.2, 0) is 13.8 Å². The first-order valence-corrected chi connectivity index (χ1v) is 9.44. The Morgan fingerprint density at radius 3 is 2.67 bits per heavy atom. The maximum Gasteiger partial charge on any atom is 0.262 e. The van der Waals surface area contributed by atoms with Gasteiger partial charge in [-0.2, -0.15) is 0 Å². The van der Waals surface area contributed by atoms with E-state index in [4.69, 9.17) is 27.0 Å². The molecule has 1 atom stereocenters. The van der Waals surface area contributed by atoms with E-state index in [2.05, 4.69) is 21.2 Å². The summed E-state index contributed by atoms with van der Waals surface area (Å²) in [4.78, 5) is 12.0. The molecule has 0 saturated carbocycles. The first-order valence-electron chi connectivity index (χ1n) is 5.96. The minimum Gasteiger partial charge on any atom is -0.379 e. The summed E-state index contributed by atoms with van der Waals surface area (Å²) >= 11 is 9.00. The Kier molecular flexibility index (Phi) is 4.90. The fourth-order valence-corrected chi connectivity index (χ4v) is 4.36. The lowest BCUT2D eigenvalue weighted by Crippen LogP contribution is -2.46. The van der Waals surface area contributed by atoms with Crippen molar-refractivity contribution in [3.05, 3.63) is 27.2 Å².